The summed E-state index contributed by atoms with van der Waals surface area (Å²) in [5.41, 5.74) is 6.95. The zero-order chi connectivity index (χ0) is 27.6. The molecule has 38 heavy (non-hydrogen) atoms. The predicted molar refractivity (Wildman–Crippen MR) is 140 cm³/mol. The highest BCUT2D eigenvalue weighted by Crippen LogP contribution is 2.32. The Bertz CT molecular complexity index is 1580. The van der Waals surface area contributed by atoms with E-state index in [0.29, 0.717) is 5.56 Å². The van der Waals surface area contributed by atoms with Gasteiger partial charge in [-0.3, -0.25) is 9.59 Å². The molecule has 1 atom stereocenters. The average Bonchev–Trinajstić information content (AvgIpc) is 3.40. The summed E-state index contributed by atoms with van der Waals surface area (Å²) in [5, 5.41) is 10.7. The fraction of sp³-hybridized carbons (Fsp3) is 0.200. The number of carbonyl (C=O) groups is 3. The van der Waals surface area contributed by atoms with Crippen LogP contribution in [0.15, 0.2) is 58.1 Å². The molecule has 0 spiro atoms. The summed E-state index contributed by atoms with van der Waals surface area (Å²) < 4.78 is 32.8. The molecule has 2 N–H and O–H groups in total. The molecule has 1 saturated heterocycles. The molecule has 196 valence electrons. The predicted octanol–water partition coefficient (Wildman–Crippen LogP) is 2.66. The molecule has 2 heterocycles. The number of thiophene rings is 1. The number of esters is 1. The van der Waals surface area contributed by atoms with Gasteiger partial charge in [0.05, 0.1) is 29.8 Å². The van der Waals surface area contributed by atoms with Crippen molar-refractivity contribution in [3.8, 4) is 6.07 Å². The lowest BCUT2D eigenvalue weighted by molar-refractivity contribution is -0.157. The summed E-state index contributed by atoms with van der Waals surface area (Å²) in [5.74, 6) is -2.03. The van der Waals surface area contributed by atoms with Gasteiger partial charge in [-0.2, -0.15) is 9.57 Å². The van der Waals surface area contributed by atoms with E-state index in [9.17, 15) is 22.8 Å². The molecule has 1 aliphatic rings. The molecule has 1 aromatic heterocycles. The molecular weight excluding hydrogens is 552 g/mol. The van der Waals surface area contributed by atoms with Crippen LogP contribution in [0.1, 0.15) is 27.0 Å². The lowest BCUT2D eigenvalue weighted by Crippen LogP contribution is -2.60. The van der Waals surface area contributed by atoms with Crippen LogP contribution in [-0.2, 0) is 30.9 Å². The number of nitriles is 1. The first kappa shape index (κ1) is 27.3. The number of nitrogens with two attached hydrogens (primary N) is 1. The van der Waals surface area contributed by atoms with Gasteiger partial charge in [-0.25, -0.2) is 13.2 Å². The number of nitrogen functional groups attached to an aromatic ring is 1. The minimum atomic E-state index is -4.36. The smallest absolute Gasteiger partial charge is 0.329 e. The summed E-state index contributed by atoms with van der Waals surface area (Å²) in [4.78, 5) is 40.2. The summed E-state index contributed by atoms with van der Waals surface area (Å²) in [6.45, 7) is -0.999. The standard InChI is InChI=1S/C25H21ClN4O6S2/c1-36-24(33)21-13-29(14-22(31)30(21)12-15-6-7-16(11-27)20(28)10-15)38(34,35)25-18(8-9-37-25)23(32)17-4-2-3-5-19(17)26/h2-10,21H,12-14,28H2,1H3. The second kappa shape index (κ2) is 10.9. The third-order valence-corrected chi connectivity index (χ3v) is 9.62. The normalized spacial score (nSPS) is 16.2. The fourth-order valence-electron chi connectivity index (χ4n) is 4.07. The fourth-order valence-corrected chi connectivity index (χ4v) is 7.17. The molecule has 10 nitrogen and oxygen atoms in total. The molecule has 13 heteroatoms. The summed E-state index contributed by atoms with van der Waals surface area (Å²) in [6.07, 6.45) is 0. The second-order valence-electron chi connectivity index (χ2n) is 8.32. The molecule has 0 saturated carbocycles. The van der Waals surface area contributed by atoms with E-state index >= 15 is 0 Å². The lowest BCUT2D eigenvalue weighted by atomic mass is 10.1. The first-order valence-electron chi connectivity index (χ1n) is 11.1. The maximum absolute atomic E-state index is 13.7. The summed E-state index contributed by atoms with van der Waals surface area (Å²) in [7, 11) is -3.22. The lowest BCUT2D eigenvalue weighted by Gasteiger charge is -2.38. The Morgan fingerprint density at radius 2 is 1.95 bits per heavy atom. The molecule has 1 unspecified atom stereocenters. The van der Waals surface area contributed by atoms with Gasteiger partial charge in [0.25, 0.3) is 10.0 Å². The number of amides is 1. The number of benzene rings is 2. The number of anilines is 1. The molecule has 1 fully saturated rings. The van der Waals surface area contributed by atoms with Crippen LogP contribution in [0.3, 0.4) is 0 Å². The molecule has 0 radical (unpaired) electrons. The van der Waals surface area contributed by atoms with Crippen LogP contribution in [0.2, 0.25) is 5.02 Å². The monoisotopic (exact) mass is 572 g/mol. The van der Waals surface area contributed by atoms with Gasteiger partial charge in [0.2, 0.25) is 5.91 Å². The maximum atomic E-state index is 13.7. The Hall–Kier alpha value is -3.76. The molecular formula is C25H21ClN4O6S2. The van der Waals surface area contributed by atoms with E-state index < -0.39 is 40.3 Å². The number of halogens is 1. The van der Waals surface area contributed by atoms with E-state index in [1.54, 1.807) is 18.2 Å². The van der Waals surface area contributed by atoms with Crippen molar-refractivity contribution < 1.29 is 27.5 Å². The van der Waals surface area contributed by atoms with Gasteiger partial charge < -0.3 is 15.4 Å². The van der Waals surface area contributed by atoms with Crippen LogP contribution >= 0.6 is 22.9 Å². The van der Waals surface area contributed by atoms with Crippen molar-refractivity contribution in [1.29, 1.82) is 5.26 Å². The van der Waals surface area contributed by atoms with Crippen molar-refractivity contribution in [2.75, 3.05) is 25.9 Å². The van der Waals surface area contributed by atoms with Crippen molar-refractivity contribution in [2.24, 2.45) is 0 Å². The number of ketones is 1. The first-order valence-corrected chi connectivity index (χ1v) is 13.8. The highest BCUT2D eigenvalue weighted by Gasteiger charge is 2.43. The number of ether oxygens (including phenoxy) is 1. The number of hydrogen-bond donors (Lipinski definition) is 1. The van der Waals surface area contributed by atoms with E-state index in [1.807, 2.05) is 6.07 Å². The Morgan fingerprint density at radius 1 is 1.21 bits per heavy atom. The molecule has 2 aromatic carbocycles. The zero-order valence-corrected chi connectivity index (χ0v) is 22.3. The third-order valence-electron chi connectivity index (χ3n) is 6.01. The van der Waals surface area contributed by atoms with Crippen molar-refractivity contribution in [2.45, 2.75) is 16.8 Å². The molecule has 0 bridgehead atoms. The first-order chi connectivity index (χ1) is 18.1. The van der Waals surface area contributed by atoms with Crippen molar-refractivity contribution in [3.05, 3.63) is 81.2 Å². The molecule has 1 amide bonds. The van der Waals surface area contributed by atoms with Crippen LogP contribution in [0.5, 0.6) is 0 Å². The van der Waals surface area contributed by atoms with Crippen LogP contribution in [0, 0.1) is 11.3 Å². The molecule has 1 aliphatic heterocycles. The van der Waals surface area contributed by atoms with Crippen LogP contribution < -0.4 is 5.73 Å². The van der Waals surface area contributed by atoms with Gasteiger partial charge >= 0.3 is 5.97 Å². The summed E-state index contributed by atoms with van der Waals surface area (Å²) in [6, 6.07) is 13.0. The Kier molecular flexibility index (Phi) is 7.84. The Morgan fingerprint density at radius 3 is 2.61 bits per heavy atom. The van der Waals surface area contributed by atoms with Crippen molar-refractivity contribution >= 4 is 56.3 Å². The van der Waals surface area contributed by atoms with E-state index in [1.165, 1.54) is 40.6 Å². The number of piperazine rings is 1. The van der Waals surface area contributed by atoms with Crippen molar-refractivity contribution in [1.82, 2.24) is 9.21 Å². The molecule has 4 rings (SSSR count). The number of hydrogen-bond acceptors (Lipinski definition) is 9. The van der Waals surface area contributed by atoms with Gasteiger partial charge in [-0.05, 0) is 41.3 Å². The summed E-state index contributed by atoms with van der Waals surface area (Å²) >= 11 is 6.98. The average molecular weight is 573 g/mol. The molecule has 0 aliphatic carbocycles. The topological polar surface area (TPSA) is 151 Å². The van der Waals surface area contributed by atoms with Gasteiger partial charge in [-0.15, -0.1) is 11.3 Å². The number of sulfonamides is 1. The van der Waals surface area contributed by atoms with E-state index in [4.69, 9.17) is 27.3 Å². The van der Waals surface area contributed by atoms with Crippen LogP contribution in [0.4, 0.5) is 5.69 Å². The second-order valence-corrected chi connectivity index (χ2v) is 11.8. The van der Waals surface area contributed by atoms with E-state index in [2.05, 4.69) is 0 Å². The van der Waals surface area contributed by atoms with E-state index in [0.717, 1.165) is 22.8 Å². The minimum Gasteiger partial charge on any atom is -0.467 e. The third kappa shape index (κ3) is 5.14. The SMILES string of the molecule is COC(=O)C1CN(S(=O)(=O)c2sccc2C(=O)c2ccccc2Cl)CC(=O)N1Cc1ccc(C#N)c(N)c1. The Balaban J connectivity index is 1.64. The highest BCUT2D eigenvalue weighted by atomic mass is 35.5. The Labute approximate surface area is 227 Å². The van der Waals surface area contributed by atoms with E-state index in [-0.39, 0.29) is 44.7 Å². The van der Waals surface area contributed by atoms with Crippen LogP contribution in [-0.4, -0.2) is 61.5 Å². The van der Waals surface area contributed by atoms with Crippen LogP contribution in [0.25, 0.3) is 0 Å². The quantitative estimate of drug-likeness (QED) is 0.258. The number of rotatable bonds is 7. The highest BCUT2D eigenvalue weighted by molar-refractivity contribution is 7.91. The van der Waals surface area contributed by atoms with Gasteiger partial charge in [0.15, 0.2) is 5.78 Å². The van der Waals surface area contributed by atoms with Crippen molar-refractivity contribution in [3.63, 3.8) is 0 Å². The minimum absolute atomic E-state index is 0.0579. The largest absolute Gasteiger partial charge is 0.467 e. The number of methoxy groups -OCH3 is 1. The number of carbonyl (C=O) groups excluding carboxylic acids is 3. The van der Waals surface area contributed by atoms with Gasteiger partial charge in [-0.1, -0.05) is 29.8 Å². The molecule has 3 aromatic rings. The number of nitrogens with zero attached hydrogens (tertiary/aromatic N) is 3. The maximum Gasteiger partial charge on any atom is 0.329 e. The van der Waals surface area contributed by atoms with Gasteiger partial charge in [0, 0.05) is 24.3 Å². The van der Waals surface area contributed by atoms with Gasteiger partial charge in [0.1, 0.15) is 16.3 Å². The zero-order valence-electron chi connectivity index (χ0n) is 20.0.